The smallest absolute Gasteiger partial charge is 0.0461 e. The number of hydrogen-bond donors (Lipinski definition) is 0. The molecule has 0 aliphatic heterocycles. The van der Waals surface area contributed by atoms with Crippen LogP contribution in [0.4, 0.5) is 11.4 Å². The van der Waals surface area contributed by atoms with Crippen LogP contribution in [0.2, 0.25) is 0 Å². The molecule has 5 aromatic rings. The van der Waals surface area contributed by atoms with Gasteiger partial charge in [-0.15, -0.1) is 0 Å². The molecular formula is C39H33N. The molecule has 0 saturated heterocycles. The van der Waals surface area contributed by atoms with Crippen LogP contribution in [0.15, 0.2) is 139 Å². The van der Waals surface area contributed by atoms with Gasteiger partial charge in [0.2, 0.25) is 0 Å². The summed E-state index contributed by atoms with van der Waals surface area (Å²) < 4.78 is 0. The molecule has 1 heteroatoms. The van der Waals surface area contributed by atoms with Crippen molar-refractivity contribution in [2.75, 3.05) is 4.90 Å². The number of aryl methyl sites for hydroxylation is 1. The van der Waals surface area contributed by atoms with E-state index in [2.05, 4.69) is 170 Å². The van der Waals surface area contributed by atoms with Crippen molar-refractivity contribution in [3.05, 3.63) is 167 Å². The first-order chi connectivity index (χ1) is 19.7. The van der Waals surface area contributed by atoms with Gasteiger partial charge in [-0.2, -0.15) is 0 Å². The van der Waals surface area contributed by atoms with E-state index in [0.29, 0.717) is 0 Å². The topological polar surface area (TPSA) is 3.24 Å². The Morgan fingerprint density at radius 1 is 0.525 bits per heavy atom. The van der Waals surface area contributed by atoms with Gasteiger partial charge in [0.1, 0.15) is 0 Å². The fourth-order valence-corrected chi connectivity index (χ4v) is 5.08. The van der Waals surface area contributed by atoms with Crippen LogP contribution in [-0.2, 0) is 0 Å². The molecule has 40 heavy (non-hydrogen) atoms. The maximum absolute atomic E-state index is 2.33. The SMILES string of the molecule is Cc1ccc(/C=C/c2ccc3cc(/C=C/c4ccc(N(C5=CCCC=C5)c5ccccc5)cc4)ccc3c2)cc1. The molecule has 0 N–H and O–H groups in total. The van der Waals surface area contributed by atoms with E-state index in [1.165, 1.54) is 55.7 Å². The molecule has 0 spiro atoms. The zero-order valence-electron chi connectivity index (χ0n) is 22.9. The molecule has 0 aromatic heterocycles. The van der Waals surface area contributed by atoms with Crippen molar-refractivity contribution in [3.8, 4) is 0 Å². The van der Waals surface area contributed by atoms with Gasteiger partial charge in [0.15, 0.2) is 0 Å². The molecule has 0 unspecified atom stereocenters. The van der Waals surface area contributed by atoms with E-state index in [1.807, 2.05) is 0 Å². The quantitative estimate of drug-likeness (QED) is 0.195. The van der Waals surface area contributed by atoms with E-state index >= 15 is 0 Å². The summed E-state index contributed by atoms with van der Waals surface area (Å²) in [6, 6.07) is 41.3. The highest BCUT2D eigenvalue weighted by molar-refractivity contribution is 5.88. The summed E-state index contributed by atoms with van der Waals surface area (Å²) in [5.74, 6) is 0. The normalized spacial score (nSPS) is 13.3. The molecule has 6 rings (SSSR count). The molecule has 0 heterocycles. The van der Waals surface area contributed by atoms with Gasteiger partial charge in [0, 0.05) is 17.1 Å². The summed E-state index contributed by atoms with van der Waals surface area (Å²) in [4.78, 5) is 2.33. The summed E-state index contributed by atoms with van der Waals surface area (Å²) >= 11 is 0. The first kappa shape index (κ1) is 25.4. The zero-order chi connectivity index (χ0) is 27.1. The lowest BCUT2D eigenvalue weighted by Crippen LogP contribution is -2.16. The van der Waals surface area contributed by atoms with Crippen LogP contribution in [0.5, 0.6) is 0 Å². The second-order valence-corrected chi connectivity index (χ2v) is 10.3. The van der Waals surface area contributed by atoms with Crippen molar-refractivity contribution in [2.45, 2.75) is 19.8 Å². The lowest BCUT2D eigenvalue weighted by atomic mass is 10.0. The van der Waals surface area contributed by atoms with Crippen LogP contribution in [0.1, 0.15) is 40.7 Å². The zero-order valence-corrected chi connectivity index (χ0v) is 22.9. The standard InChI is InChI=1S/C39H33N/c1-30-12-14-31(15-13-30)16-18-33-20-24-36-29-34(21-25-35(36)28-33)19-17-32-22-26-39(27-23-32)40(37-8-4-2-5-9-37)38-10-6-3-7-11-38/h2,4-6,8-29H,3,7H2,1H3/b18-16+,19-17+. The summed E-state index contributed by atoms with van der Waals surface area (Å²) in [7, 11) is 0. The lowest BCUT2D eigenvalue weighted by Gasteiger charge is -2.27. The van der Waals surface area contributed by atoms with E-state index in [1.54, 1.807) is 0 Å². The minimum absolute atomic E-state index is 1.08. The van der Waals surface area contributed by atoms with Gasteiger partial charge in [0.05, 0.1) is 0 Å². The minimum atomic E-state index is 1.08. The summed E-state index contributed by atoms with van der Waals surface area (Å²) in [5, 5.41) is 2.50. The second-order valence-electron chi connectivity index (χ2n) is 10.3. The molecule has 194 valence electrons. The van der Waals surface area contributed by atoms with Crippen LogP contribution in [0, 0.1) is 6.92 Å². The third kappa shape index (κ3) is 6.06. The van der Waals surface area contributed by atoms with Crippen molar-refractivity contribution < 1.29 is 0 Å². The molecule has 1 aliphatic carbocycles. The van der Waals surface area contributed by atoms with Crippen molar-refractivity contribution in [2.24, 2.45) is 0 Å². The Kier molecular flexibility index (Phi) is 7.55. The second kappa shape index (κ2) is 11.9. The monoisotopic (exact) mass is 515 g/mol. The van der Waals surface area contributed by atoms with Crippen LogP contribution in [-0.4, -0.2) is 0 Å². The Labute approximate surface area is 237 Å². The third-order valence-corrected chi connectivity index (χ3v) is 7.30. The fraction of sp³-hybridized carbons (Fsp3) is 0.0769. The molecule has 5 aromatic carbocycles. The Morgan fingerprint density at radius 2 is 1.05 bits per heavy atom. The van der Waals surface area contributed by atoms with E-state index in [0.717, 1.165) is 12.8 Å². The lowest BCUT2D eigenvalue weighted by molar-refractivity contribution is 0.997. The van der Waals surface area contributed by atoms with Gasteiger partial charge < -0.3 is 4.90 Å². The Bertz CT molecular complexity index is 1720. The summed E-state index contributed by atoms with van der Waals surface area (Å²) in [5.41, 5.74) is 9.66. The number of hydrogen-bond acceptors (Lipinski definition) is 1. The highest BCUT2D eigenvalue weighted by Crippen LogP contribution is 2.32. The van der Waals surface area contributed by atoms with Crippen LogP contribution in [0.25, 0.3) is 35.1 Å². The van der Waals surface area contributed by atoms with E-state index in [9.17, 15) is 0 Å². The predicted molar refractivity (Wildman–Crippen MR) is 174 cm³/mol. The number of allylic oxidation sites excluding steroid dienone is 3. The molecule has 0 radical (unpaired) electrons. The van der Waals surface area contributed by atoms with E-state index < -0.39 is 0 Å². The third-order valence-electron chi connectivity index (χ3n) is 7.30. The number of rotatable bonds is 7. The predicted octanol–water partition coefficient (Wildman–Crippen LogP) is 10.9. The van der Waals surface area contributed by atoms with Crippen LogP contribution >= 0.6 is 0 Å². The molecular weight excluding hydrogens is 482 g/mol. The van der Waals surface area contributed by atoms with E-state index in [-0.39, 0.29) is 0 Å². The molecule has 1 aliphatic rings. The Hall–Kier alpha value is -4.88. The van der Waals surface area contributed by atoms with Gasteiger partial charge in [0.25, 0.3) is 0 Å². The molecule has 0 saturated carbocycles. The molecule has 0 bridgehead atoms. The van der Waals surface area contributed by atoms with Gasteiger partial charge in [-0.05, 0) is 95.3 Å². The molecule has 0 fully saturated rings. The van der Waals surface area contributed by atoms with Crippen LogP contribution < -0.4 is 4.90 Å². The molecule has 1 nitrogen and oxygen atoms in total. The number of anilines is 2. The average Bonchev–Trinajstić information content (AvgIpc) is 3.01. The fourth-order valence-electron chi connectivity index (χ4n) is 5.08. The maximum atomic E-state index is 2.33. The number of benzene rings is 5. The summed E-state index contributed by atoms with van der Waals surface area (Å²) in [6.07, 6.45) is 17.7. The number of para-hydroxylation sites is 1. The van der Waals surface area contributed by atoms with E-state index in [4.69, 9.17) is 0 Å². The van der Waals surface area contributed by atoms with Gasteiger partial charge >= 0.3 is 0 Å². The molecule has 0 atom stereocenters. The van der Waals surface area contributed by atoms with Gasteiger partial charge in [-0.25, -0.2) is 0 Å². The Balaban J connectivity index is 1.18. The van der Waals surface area contributed by atoms with Gasteiger partial charge in [-0.1, -0.05) is 121 Å². The minimum Gasteiger partial charge on any atom is -0.311 e. The molecule has 0 amide bonds. The van der Waals surface area contributed by atoms with Crippen molar-refractivity contribution in [1.82, 2.24) is 0 Å². The highest BCUT2D eigenvalue weighted by Gasteiger charge is 2.13. The van der Waals surface area contributed by atoms with Crippen molar-refractivity contribution in [3.63, 3.8) is 0 Å². The van der Waals surface area contributed by atoms with Crippen LogP contribution in [0.3, 0.4) is 0 Å². The van der Waals surface area contributed by atoms with Crippen molar-refractivity contribution >= 4 is 46.5 Å². The first-order valence-electron chi connectivity index (χ1n) is 14.0. The van der Waals surface area contributed by atoms with Gasteiger partial charge in [-0.3, -0.25) is 0 Å². The number of nitrogens with zero attached hydrogens (tertiary/aromatic N) is 1. The van der Waals surface area contributed by atoms with Crippen molar-refractivity contribution in [1.29, 1.82) is 0 Å². The highest BCUT2D eigenvalue weighted by atomic mass is 15.1. The average molecular weight is 516 g/mol. The Morgan fingerprint density at radius 3 is 1.62 bits per heavy atom. The first-order valence-corrected chi connectivity index (χ1v) is 14.0. The largest absolute Gasteiger partial charge is 0.311 e. The maximum Gasteiger partial charge on any atom is 0.0461 e. The number of fused-ring (bicyclic) bond motifs is 1. The summed E-state index contributed by atoms with van der Waals surface area (Å²) in [6.45, 7) is 2.12.